The van der Waals surface area contributed by atoms with Crippen molar-refractivity contribution < 1.29 is 62.5 Å². The average Bonchev–Trinajstić information content (AvgIpc) is 3.25. The molecule has 21 nitrogen and oxygen atoms in total. The molecule has 21 heteroatoms. The fourth-order valence-electron chi connectivity index (χ4n) is 7.34. The number of ketones is 2. The number of Topliss-reactive ketones (excluding diaryl/α,β-unsaturated/α-hetero) is 2. The number of amides is 7. The monoisotopic (exact) mass is 898 g/mol. The Morgan fingerprint density at radius 3 is 2.11 bits per heavy atom. The Kier molecular flexibility index (Phi) is 18.9. The van der Waals surface area contributed by atoms with Crippen LogP contribution in [-0.4, -0.2) is 145 Å². The van der Waals surface area contributed by atoms with Crippen LogP contribution >= 0.6 is 0 Å². The van der Waals surface area contributed by atoms with E-state index < -0.39 is 95.6 Å². The number of rotatable bonds is 22. The molecule has 352 valence electrons. The number of primary amides is 1. The number of esters is 1. The van der Waals surface area contributed by atoms with Crippen LogP contribution in [0.5, 0.6) is 0 Å². The number of benzene rings is 1. The third-order valence-corrected chi connectivity index (χ3v) is 11.0. The van der Waals surface area contributed by atoms with E-state index in [-0.39, 0.29) is 94.2 Å². The highest BCUT2D eigenvalue weighted by molar-refractivity contribution is 6.52. The standard InChI is InChI=1S/C43H62N8O13/c1-24(2)21-30(40(59)47-29(11-7-8-15-44)39(58)49-31(23-52)41(60)50-42(61)51-17-19-62-20-18-51)48-38(57)28(12-13-33(45)53)46-16-14-34(54)63-32-22-27-36(56)35(55)25-9-5-6-10-26(25)37(27)64-43(32,3)4/h5-6,9-10,24,28-32,46,52H,7-8,11-23,44H2,1-4H3,(H2,45,53)(H,47,59)(H,48,57)(H,49,58)(H,50,60,61)/t28-,29-,30-,31-,32?/m0/s1. The fourth-order valence-corrected chi connectivity index (χ4v) is 7.34. The number of aliphatic hydroxyl groups is 1. The van der Waals surface area contributed by atoms with Crippen molar-refractivity contribution in [3.05, 3.63) is 41.0 Å². The van der Waals surface area contributed by atoms with Crippen molar-refractivity contribution in [1.29, 1.82) is 0 Å². The maximum Gasteiger partial charge on any atom is 0.324 e. The van der Waals surface area contributed by atoms with E-state index >= 15 is 0 Å². The number of hydrogen-bond donors (Lipinski definition) is 8. The van der Waals surface area contributed by atoms with Gasteiger partial charge in [-0.25, -0.2) is 4.79 Å². The molecule has 1 aliphatic carbocycles. The number of carbonyl (C=O) groups is 9. The van der Waals surface area contributed by atoms with Gasteiger partial charge >= 0.3 is 12.0 Å². The molecular formula is C43H62N8O13. The summed E-state index contributed by atoms with van der Waals surface area (Å²) in [6.07, 6.45) is -0.524. The lowest BCUT2D eigenvalue weighted by atomic mass is 9.81. The molecule has 0 radical (unpaired) electrons. The molecule has 10 N–H and O–H groups in total. The second-order valence-electron chi connectivity index (χ2n) is 16.8. The quantitative estimate of drug-likeness (QED) is 0.0397. The Labute approximate surface area is 371 Å². The van der Waals surface area contributed by atoms with Gasteiger partial charge < -0.3 is 57.0 Å². The van der Waals surface area contributed by atoms with Gasteiger partial charge in [0, 0.05) is 43.6 Å². The van der Waals surface area contributed by atoms with Crippen LogP contribution in [0, 0.1) is 5.92 Å². The molecule has 4 rings (SSSR count). The number of nitrogens with one attached hydrogen (secondary N) is 5. The minimum Gasteiger partial charge on any atom is -0.483 e. The van der Waals surface area contributed by atoms with E-state index in [1.54, 1.807) is 38.1 Å². The zero-order valence-corrected chi connectivity index (χ0v) is 36.8. The number of nitrogens with zero attached hydrogens (tertiary/aromatic N) is 1. The molecular weight excluding hydrogens is 837 g/mol. The van der Waals surface area contributed by atoms with Crippen molar-refractivity contribution in [3.63, 3.8) is 0 Å². The number of aliphatic hydroxyl groups excluding tert-OH is 1. The third-order valence-electron chi connectivity index (χ3n) is 11.0. The van der Waals surface area contributed by atoms with Crippen molar-refractivity contribution >= 4 is 58.9 Å². The van der Waals surface area contributed by atoms with Crippen LogP contribution in [0.3, 0.4) is 0 Å². The first-order valence-electron chi connectivity index (χ1n) is 21.6. The number of fused-ring (bicyclic) bond motifs is 2. The van der Waals surface area contributed by atoms with Crippen LogP contribution in [0.15, 0.2) is 29.8 Å². The molecule has 1 aromatic carbocycles. The summed E-state index contributed by atoms with van der Waals surface area (Å²) in [7, 11) is 0. The SMILES string of the molecule is CC(C)C[C@H](NC(=O)[C@H](CCC(N)=O)NCCC(=O)OC1CC2=C(OC1(C)C)c1ccccc1C(=O)C2=O)C(=O)N[C@@H](CCCCN)C(=O)N[C@@H](CO)C(=O)NC(=O)N1CCOCC1. The maximum absolute atomic E-state index is 13.9. The van der Waals surface area contributed by atoms with E-state index in [0.29, 0.717) is 24.9 Å². The predicted molar refractivity (Wildman–Crippen MR) is 228 cm³/mol. The van der Waals surface area contributed by atoms with Gasteiger partial charge in [0.25, 0.3) is 5.91 Å². The zero-order chi connectivity index (χ0) is 47.1. The molecule has 0 spiro atoms. The Morgan fingerprint density at radius 2 is 1.47 bits per heavy atom. The minimum absolute atomic E-state index is 0.0629. The fraction of sp³-hybridized carbons (Fsp3) is 0.605. The normalized spacial score (nSPS) is 18.6. The number of urea groups is 1. The lowest BCUT2D eigenvalue weighted by Gasteiger charge is -2.41. The number of unbranched alkanes of at least 4 members (excludes halogenated alkanes) is 1. The second kappa shape index (κ2) is 23.8. The number of ether oxygens (including phenoxy) is 3. The van der Waals surface area contributed by atoms with E-state index in [0.717, 1.165) is 0 Å². The van der Waals surface area contributed by atoms with E-state index in [2.05, 4.69) is 26.6 Å². The molecule has 7 amide bonds. The Hall–Kier alpha value is -5.77. The Bertz CT molecular complexity index is 1950. The van der Waals surface area contributed by atoms with Crippen LogP contribution in [0.2, 0.25) is 0 Å². The average molecular weight is 899 g/mol. The van der Waals surface area contributed by atoms with E-state index in [9.17, 15) is 48.3 Å². The third kappa shape index (κ3) is 14.1. The van der Waals surface area contributed by atoms with Crippen molar-refractivity contribution in [3.8, 4) is 0 Å². The van der Waals surface area contributed by atoms with Gasteiger partial charge in [0.2, 0.25) is 35.2 Å². The summed E-state index contributed by atoms with van der Waals surface area (Å²) in [4.78, 5) is 119. The molecule has 1 unspecified atom stereocenters. The van der Waals surface area contributed by atoms with Crippen LogP contribution in [0.1, 0.15) is 95.0 Å². The van der Waals surface area contributed by atoms with E-state index in [1.165, 1.54) is 4.90 Å². The molecule has 0 bridgehead atoms. The van der Waals surface area contributed by atoms with Crippen molar-refractivity contribution in [1.82, 2.24) is 31.5 Å². The van der Waals surface area contributed by atoms with Crippen molar-refractivity contribution in [2.24, 2.45) is 17.4 Å². The highest BCUT2D eigenvalue weighted by Crippen LogP contribution is 2.42. The summed E-state index contributed by atoms with van der Waals surface area (Å²) in [5.41, 5.74) is 10.8. The summed E-state index contributed by atoms with van der Waals surface area (Å²) >= 11 is 0. The van der Waals surface area contributed by atoms with Crippen molar-refractivity contribution in [2.75, 3.05) is 46.0 Å². The van der Waals surface area contributed by atoms with Gasteiger partial charge in [-0.05, 0) is 58.4 Å². The number of imide groups is 1. The Morgan fingerprint density at radius 1 is 0.844 bits per heavy atom. The molecule has 2 aliphatic heterocycles. The van der Waals surface area contributed by atoms with Gasteiger partial charge in [-0.3, -0.25) is 43.7 Å². The molecule has 2 heterocycles. The largest absolute Gasteiger partial charge is 0.483 e. The summed E-state index contributed by atoms with van der Waals surface area (Å²) < 4.78 is 17.2. The maximum atomic E-state index is 13.9. The lowest BCUT2D eigenvalue weighted by Crippen LogP contribution is -2.59. The van der Waals surface area contributed by atoms with Gasteiger partial charge in [-0.2, -0.15) is 0 Å². The first-order chi connectivity index (χ1) is 30.4. The van der Waals surface area contributed by atoms with Crippen LogP contribution in [-0.2, 0) is 47.8 Å². The number of nitrogens with two attached hydrogens (primary N) is 2. The number of carbonyl (C=O) groups excluding carboxylic acids is 9. The lowest BCUT2D eigenvalue weighted by molar-refractivity contribution is -0.163. The van der Waals surface area contributed by atoms with Gasteiger partial charge in [0.1, 0.15) is 35.6 Å². The molecule has 1 saturated heterocycles. The molecule has 0 saturated carbocycles. The number of hydrogen-bond acceptors (Lipinski definition) is 15. The summed E-state index contributed by atoms with van der Waals surface area (Å²) in [6.45, 7) is 7.40. The first-order valence-corrected chi connectivity index (χ1v) is 21.6. The van der Waals surface area contributed by atoms with Gasteiger partial charge in [-0.15, -0.1) is 0 Å². The van der Waals surface area contributed by atoms with Crippen molar-refractivity contribution in [2.45, 2.75) is 115 Å². The minimum atomic E-state index is -1.54. The molecule has 0 aromatic heterocycles. The van der Waals surface area contributed by atoms with Crippen LogP contribution in [0.25, 0.3) is 5.76 Å². The molecule has 5 atom stereocenters. The molecule has 3 aliphatic rings. The topological polar surface area (TPSA) is 317 Å². The highest BCUT2D eigenvalue weighted by Gasteiger charge is 2.47. The van der Waals surface area contributed by atoms with Crippen LogP contribution < -0.4 is 38.1 Å². The molecule has 64 heavy (non-hydrogen) atoms. The van der Waals surface area contributed by atoms with Gasteiger partial charge in [0.05, 0.1) is 37.9 Å². The second-order valence-corrected chi connectivity index (χ2v) is 16.8. The summed E-state index contributed by atoms with van der Waals surface area (Å²) in [6, 6.07) is 0.791. The Balaban J connectivity index is 1.39. The van der Waals surface area contributed by atoms with E-state index in [1.807, 2.05) is 13.8 Å². The van der Waals surface area contributed by atoms with Gasteiger partial charge in [-0.1, -0.05) is 38.1 Å². The number of morpholine rings is 1. The smallest absolute Gasteiger partial charge is 0.324 e. The zero-order valence-electron chi connectivity index (χ0n) is 36.8. The highest BCUT2D eigenvalue weighted by atomic mass is 16.6. The van der Waals surface area contributed by atoms with E-state index in [4.69, 9.17) is 25.7 Å². The van der Waals surface area contributed by atoms with Crippen LogP contribution in [0.4, 0.5) is 4.79 Å². The first kappa shape index (κ1) is 50.9. The molecule has 1 fully saturated rings. The predicted octanol–water partition coefficient (Wildman–Crippen LogP) is -0.922. The molecule has 1 aromatic rings. The van der Waals surface area contributed by atoms with Gasteiger partial charge in [0.15, 0.2) is 0 Å². The summed E-state index contributed by atoms with van der Waals surface area (Å²) in [5.74, 6) is -5.93. The summed E-state index contributed by atoms with van der Waals surface area (Å²) in [5, 5.41) is 22.8.